The van der Waals surface area contributed by atoms with Crippen molar-refractivity contribution in [3.05, 3.63) is 51.2 Å². The minimum absolute atomic E-state index is 0.0467. The van der Waals surface area contributed by atoms with Crippen molar-refractivity contribution in [1.29, 1.82) is 0 Å². The Kier molecular flexibility index (Phi) is 5.71. The zero-order valence-corrected chi connectivity index (χ0v) is 16.0. The van der Waals surface area contributed by atoms with Gasteiger partial charge in [-0.25, -0.2) is 4.79 Å². The van der Waals surface area contributed by atoms with Crippen LogP contribution in [0.15, 0.2) is 35.5 Å². The van der Waals surface area contributed by atoms with Crippen molar-refractivity contribution >= 4 is 29.0 Å². The van der Waals surface area contributed by atoms with Crippen LogP contribution >= 0.6 is 12.2 Å². The summed E-state index contributed by atoms with van der Waals surface area (Å²) in [7, 11) is 1.53. The zero-order chi connectivity index (χ0) is 19.6. The fourth-order valence-corrected chi connectivity index (χ4v) is 3.56. The molecule has 27 heavy (non-hydrogen) atoms. The van der Waals surface area contributed by atoms with Crippen molar-refractivity contribution in [1.82, 2.24) is 10.2 Å². The number of benzene rings is 1. The molecule has 1 aromatic carbocycles. The first-order valence-corrected chi connectivity index (χ1v) is 9.05. The molecule has 1 fully saturated rings. The van der Waals surface area contributed by atoms with Gasteiger partial charge in [0, 0.05) is 31.0 Å². The van der Waals surface area contributed by atoms with Gasteiger partial charge in [-0.15, -0.1) is 0 Å². The summed E-state index contributed by atoms with van der Waals surface area (Å²) in [6, 6.07) is 5.85. The molecule has 1 aromatic rings. The van der Waals surface area contributed by atoms with Crippen molar-refractivity contribution in [2.75, 3.05) is 20.3 Å². The molecular weight excluding hydrogens is 370 g/mol. The van der Waals surface area contributed by atoms with Crippen molar-refractivity contribution in [3.8, 4) is 0 Å². The van der Waals surface area contributed by atoms with Gasteiger partial charge >= 0.3 is 5.97 Å². The number of ether oxygens (including phenoxy) is 2. The number of nitro benzene ring substituents is 1. The number of allylic oxidation sites excluding steroid dienone is 1. The molecule has 1 aliphatic heterocycles. The summed E-state index contributed by atoms with van der Waals surface area (Å²) < 4.78 is 10.3. The van der Waals surface area contributed by atoms with Crippen molar-refractivity contribution in [2.45, 2.75) is 31.8 Å². The zero-order valence-electron chi connectivity index (χ0n) is 15.1. The van der Waals surface area contributed by atoms with Crippen LogP contribution in [0.2, 0.25) is 0 Å². The van der Waals surface area contributed by atoms with Gasteiger partial charge in [-0.2, -0.15) is 0 Å². The minimum Gasteiger partial charge on any atom is -0.460 e. The molecule has 0 radical (unpaired) electrons. The van der Waals surface area contributed by atoms with E-state index in [4.69, 9.17) is 21.7 Å². The highest BCUT2D eigenvalue weighted by molar-refractivity contribution is 7.80. The maximum absolute atomic E-state index is 12.8. The Morgan fingerprint density at radius 1 is 1.41 bits per heavy atom. The molecule has 1 saturated carbocycles. The van der Waals surface area contributed by atoms with Crippen LogP contribution in [0.25, 0.3) is 0 Å². The molecule has 0 aromatic heterocycles. The first-order chi connectivity index (χ1) is 12.9. The maximum Gasteiger partial charge on any atom is 0.338 e. The Labute approximate surface area is 162 Å². The molecule has 0 amide bonds. The number of carbonyl (C=O) groups excluding carboxylic acids is 1. The Balaban J connectivity index is 1.99. The molecule has 0 unspecified atom stereocenters. The van der Waals surface area contributed by atoms with E-state index in [1.165, 1.54) is 19.2 Å². The largest absolute Gasteiger partial charge is 0.460 e. The number of rotatable bonds is 7. The van der Waals surface area contributed by atoms with Crippen LogP contribution in [-0.4, -0.2) is 47.3 Å². The second kappa shape index (κ2) is 8.01. The molecule has 8 nitrogen and oxygen atoms in total. The van der Waals surface area contributed by atoms with Crippen LogP contribution in [0.4, 0.5) is 5.69 Å². The van der Waals surface area contributed by atoms with Gasteiger partial charge in [-0.1, -0.05) is 12.1 Å². The highest BCUT2D eigenvalue weighted by Crippen LogP contribution is 2.38. The van der Waals surface area contributed by atoms with E-state index in [2.05, 4.69) is 5.32 Å². The molecule has 1 atom stereocenters. The fourth-order valence-electron chi connectivity index (χ4n) is 3.16. The summed E-state index contributed by atoms with van der Waals surface area (Å²) in [6.07, 6.45) is 2.01. The number of nitrogens with one attached hydrogen (secondary N) is 1. The first-order valence-electron chi connectivity index (χ1n) is 8.65. The van der Waals surface area contributed by atoms with Gasteiger partial charge in [0.05, 0.1) is 23.1 Å². The van der Waals surface area contributed by atoms with Gasteiger partial charge < -0.3 is 19.7 Å². The van der Waals surface area contributed by atoms with E-state index in [0.29, 0.717) is 16.2 Å². The molecule has 3 rings (SSSR count). The van der Waals surface area contributed by atoms with E-state index in [-0.39, 0.29) is 24.9 Å². The first kappa shape index (κ1) is 19.2. The Morgan fingerprint density at radius 3 is 2.78 bits per heavy atom. The molecule has 1 N–H and O–H groups in total. The number of non-ortho nitro benzene ring substituents is 1. The SMILES string of the molecule is COCCOC(=O)C1=C(C)N(C2CC2)C(=S)N[C@@H]1c1cccc([N+](=O)[O-])c1. The quantitative estimate of drug-likeness (QED) is 0.249. The standard InChI is InChI=1S/C18H21N3O5S/c1-11-15(17(22)26-9-8-25-2)16(19-18(27)20(11)13-6-7-13)12-4-3-5-14(10-12)21(23)24/h3-5,10,13,16H,6-9H2,1-2H3,(H,19,27)/t16-/m1/s1. The molecule has 0 spiro atoms. The van der Waals surface area contributed by atoms with E-state index in [1.807, 2.05) is 11.8 Å². The maximum atomic E-state index is 12.8. The number of thiocarbonyl (C=S) groups is 1. The van der Waals surface area contributed by atoms with Gasteiger partial charge in [0.2, 0.25) is 0 Å². The van der Waals surface area contributed by atoms with E-state index >= 15 is 0 Å². The summed E-state index contributed by atoms with van der Waals surface area (Å²) in [4.78, 5) is 25.4. The summed E-state index contributed by atoms with van der Waals surface area (Å²) in [5, 5.41) is 14.8. The van der Waals surface area contributed by atoms with Crippen LogP contribution in [0.1, 0.15) is 31.4 Å². The normalized spacial score (nSPS) is 19.7. The Morgan fingerprint density at radius 2 is 2.15 bits per heavy atom. The van der Waals surface area contributed by atoms with Crippen molar-refractivity contribution in [3.63, 3.8) is 0 Å². The Hall–Kier alpha value is -2.52. The lowest BCUT2D eigenvalue weighted by Gasteiger charge is -2.37. The van der Waals surface area contributed by atoms with Gasteiger partial charge in [-0.3, -0.25) is 10.1 Å². The third kappa shape index (κ3) is 4.09. The van der Waals surface area contributed by atoms with Crippen LogP contribution in [0.3, 0.4) is 0 Å². The number of carbonyl (C=O) groups is 1. The third-order valence-electron chi connectivity index (χ3n) is 4.59. The van der Waals surface area contributed by atoms with Crippen molar-refractivity contribution in [2.24, 2.45) is 0 Å². The smallest absolute Gasteiger partial charge is 0.338 e. The van der Waals surface area contributed by atoms with Gasteiger partial charge in [0.25, 0.3) is 5.69 Å². The molecule has 2 aliphatic rings. The number of nitrogens with zero attached hydrogens (tertiary/aromatic N) is 2. The average molecular weight is 391 g/mol. The second-order valence-electron chi connectivity index (χ2n) is 6.46. The molecule has 1 heterocycles. The molecule has 1 aliphatic carbocycles. The fraction of sp³-hybridized carbons (Fsp3) is 0.444. The Bertz CT molecular complexity index is 806. The molecule has 144 valence electrons. The number of hydrogen-bond donors (Lipinski definition) is 1. The summed E-state index contributed by atoms with van der Waals surface area (Å²) in [5.74, 6) is -0.485. The van der Waals surface area contributed by atoms with Gasteiger partial charge in [0.15, 0.2) is 5.11 Å². The van der Waals surface area contributed by atoms with E-state index < -0.39 is 16.9 Å². The predicted octanol–water partition coefficient (Wildman–Crippen LogP) is 2.45. The average Bonchev–Trinajstić information content (AvgIpc) is 3.46. The minimum atomic E-state index is -0.609. The van der Waals surface area contributed by atoms with E-state index in [9.17, 15) is 14.9 Å². The van der Waals surface area contributed by atoms with Crippen LogP contribution < -0.4 is 5.32 Å². The number of nitro groups is 1. The lowest BCUT2D eigenvalue weighted by atomic mass is 9.94. The van der Waals surface area contributed by atoms with Gasteiger partial charge in [-0.05, 0) is 37.5 Å². The van der Waals surface area contributed by atoms with Crippen LogP contribution in [0.5, 0.6) is 0 Å². The van der Waals surface area contributed by atoms with Crippen LogP contribution in [0, 0.1) is 10.1 Å². The predicted molar refractivity (Wildman–Crippen MR) is 102 cm³/mol. The number of methoxy groups -OCH3 is 1. The topological polar surface area (TPSA) is 93.9 Å². The summed E-state index contributed by atoms with van der Waals surface area (Å²) in [6.45, 7) is 2.25. The summed E-state index contributed by atoms with van der Waals surface area (Å²) >= 11 is 5.50. The highest BCUT2D eigenvalue weighted by Gasteiger charge is 2.41. The molecule has 0 saturated heterocycles. The van der Waals surface area contributed by atoms with Crippen LogP contribution in [-0.2, 0) is 14.3 Å². The lowest BCUT2D eigenvalue weighted by molar-refractivity contribution is -0.384. The van der Waals surface area contributed by atoms with Gasteiger partial charge in [0.1, 0.15) is 6.61 Å². The summed E-state index contributed by atoms with van der Waals surface area (Å²) in [5.41, 5.74) is 1.67. The number of hydrogen-bond acceptors (Lipinski definition) is 6. The second-order valence-corrected chi connectivity index (χ2v) is 6.85. The lowest BCUT2D eigenvalue weighted by Crippen LogP contribution is -2.48. The number of esters is 1. The molecule has 9 heteroatoms. The molecule has 0 bridgehead atoms. The highest BCUT2D eigenvalue weighted by atomic mass is 32.1. The van der Waals surface area contributed by atoms with E-state index in [1.54, 1.807) is 12.1 Å². The third-order valence-corrected chi connectivity index (χ3v) is 4.91. The van der Waals surface area contributed by atoms with E-state index in [0.717, 1.165) is 18.5 Å². The molecular formula is C18H21N3O5S. The van der Waals surface area contributed by atoms with Crippen molar-refractivity contribution < 1.29 is 19.2 Å². The monoisotopic (exact) mass is 391 g/mol.